The smallest absolute Gasteiger partial charge is 0.214 e. The number of rotatable bonds is 2. The van der Waals surface area contributed by atoms with E-state index >= 15 is 0 Å². The Balaban J connectivity index is 2.72. The van der Waals surface area contributed by atoms with Crippen LogP contribution in [0.15, 0.2) is 5.29 Å². The largest absolute Gasteiger partial charge is 0.225 e. The summed E-state index contributed by atoms with van der Waals surface area (Å²) in [7, 11) is 0. The molecule has 0 aliphatic rings. The van der Waals surface area contributed by atoms with Crippen LogP contribution in [0.1, 0.15) is 5.82 Å². The summed E-state index contributed by atoms with van der Waals surface area (Å²) in [5.41, 5.74) is 2.14. The molecule has 0 unspecified atom stereocenters. The van der Waals surface area contributed by atoms with Gasteiger partial charge in [-0.05, 0) is 6.92 Å². The Morgan fingerprint density at radius 2 is 2.56 bits per heavy atom. The normalized spacial score (nSPS) is 9.00. The molecule has 0 bridgehead atoms. The minimum absolute atomic E-state index is 0.433. The molecule has 0 saturated heterocycles. The summed E-state index contributed by atoms with van der Waals surface area (Å²) >= 11 is 1.11. The number of aromatic nitrogens is 2. The molecule has 0 atom stereocenters. The maximum Gasteiger partial charge on any atom is 0.225 e. The standard InChI is InChI=1S/C3H4N4OS/c1-2-4-3(5-7-8)9-6-2/h1H3,(H,4,5,6,8). The fourth-order valence-corrected chi connectivity index (χ4v) is 0.892. The summed E-state index contributed by atoms with van der Waals surface area (Å²) in [6.07, 6.45) is 0. The number of nitrogens with one attached hydrogen (secondary N) is 1. The third kappa shape index (κ3) is 1.43. The lowest BCUT2D eigenvalue weighted by Crippen LogP contribution is -1.83. The Kier molecular flexibility index (Phi) is 1.69. The van der Waals surface area contributed by atoms with Gasteiger partial charge >= 0.3 is 0 Å². The molecule has 0 radical (unpaired) electrons. The van der Waals surface area contributed by atoms with E-state index in [0.29, 0.717) is 11.0 Å². The number of anilines is 1. The topological polar surface area (TPSA) is 67.2 Å². The van der Waals surface area contributed by atoms with E-state index in [1.165, 1.54) is 0 Å². The average Bonchev–Trinajstić information content (AvgIpc) is 2.17. The van der Waals surface area contributed by atoms with E-state index in [4.69, 9.17) is 0 Å². The van der Waals surface area contributed by atoms with E-state index in [0.717, 1.165) is 11.5 Å². The zero-order chi connectivity index (χ0) is 6.69. The Morgan fingerprint density at radius 3 is 3.00 bits per heavy atom. The highest BCUT2D eigenvalue weighted by molar-refractivity contribution is 7.09. The highest BCUT2D eigenvalue weighted by atomic mass is 32.1. The predicted octanol–water partition coefficient (Wildman–Crippen LogP) is 0.940. The highest BCUT2D eigenvalue weighted by Gasteiger charge is 1.95. The van der Waals surface area contributed by atoms with Crippen molar-refractivity contribution in [1.82, 2.24) is 9.36 Å². The third-order valence-corrected chi connectivity index (χ3v) is 1.38. The zero-order valence-corrected chi connectivity index (χ0v) is 5.47. The van der Waals surface area contributed by atoms with Crippen LogP contribution in [0.5, 0.6) is 0 Å². The van der Waals surface area contributed by atoms with E-state index in [-0.39, 0.29) is 0 Å². The molecule has 1 rings (SSSR count). The molecule has 0 saturated carbocycles. The van der Waals surface area contributed by atoms with Gasteiger partial charge in [-0.25, -0.2) is 10.4 Å². The van der Waals surface area contributed by atoms with Gasteiger partial charge in [-0.15, -0.1) is 4.91 Å². The van der Waals surface area contributed by atoms with Gasteiger partial charge in [0.1, 0.15) is 5.82 Å². The second kappa shape index (κ2) is 2.49. The minimum atomic E-state index is 0.433. The molecule has 1 heterocycles. The molecule has 0 aliphatic carbocycles. The number of nitroso groups, excluding NO2 is 1. The Morgan fingerprint density at radius 1 is 1.78 bits per heavy atom. The van der Waals surface area contributed by atoms with E-state index in [1.54, 1.807) is 6.92 Å². The minimum Gasteiger partial charge on any atom is -0.214 e. The maximum absolute atomic E-state index is 9.56. The lowest BCUT2D eigenvalue weighted by Gasteiger charge is -1.80. The van der Waals surface area contributed by atoms with Crippen molar-refractivity contribution in [3.63, 3.8) is 0 Å². The Bertz CT molecular complexity index is 209. The van der Waals surface area contributed by atoms with E-state index in [1.807, 2.05) is 0 Å². The molecular weight excluding hydrogens is 140 g/mol. The molecule has 48 valence electrons. The highest BCUT2D eigenvalue weighted by Crippen LogP contribution is 2.08. The molecule has 0 spiro atoms. The summed E-state index contributed by atoms with van der Waals surface area (Å²) < 4.78 is 3.80. The van der Waals surface area contributed by atoms with Crippen LogP contribution < -0.4 is 5.43 Å². The van der Waals surface area contributed by atoms with Crippen molar-refractivity contribution in [1.29, 1.82) is 0 Å². The summed E-state index contributed by atoms with van der Waals surface area (Å²) in [6.45, 7) is 1.74. The van der Waals surface area contributed by atoms with Gasteiger partial charge < -0.3 is 0 Å². The Labute approximate surface area is 55.2 Å². The molecule has 9 heavy (non-hydrogen) atoms. The first-order chi connectivity index (χ1) is 4.33. The molecule has 1 aromatic rings. The van der Waals surface area contributed by atoms with Crippen LogP contribution in [0, 0.1) is 11.8 Å². The van der Waals surface area contributed by atoms with Gasteiger partial charge in [0.15, 0.2) is 0 Å². The average molecular weight is 144 g/mol. The van der Waals surface area contributed by atoms with Crippen molar-refractivity contribution in [3.05, 3.63) is 10.7 Å². The van der Waals surface area contributed by atoms with Crippen LogP contribution in [-0.2, 0) is 0 Å². The predicted molar refractivity (Wildman–Crippen MR) is 34.1 cm³/mol. The molecule has 0 aliphatic heterocycles. The molecule has 1 N–H and O–H groups in total. The molecule has 0 aromatic carbocycles. The van der Waals surface area contributed by atoms with Crippen molar-refractivity contribution >= 4 is 16.7 Å². The first-order valence-corrected chi connectivity index (χ1v) is 2.99. The zero-order valence-electron chi connectivity index (χ0n) is 4.66. The summed E-state index contributed by atoms with van der Waals surface area (Å²) in [6, 6.07) is 0. The molecule has 0 amide bonds. The van der Waals surface area contributed by atoms with E-state index in [2.05, 4.69) is 20.1 Å². The number of hydrogen-bond donors (Lipinski definition) is 1. The molecule has 1 aromatic heterocycles. The monoisotopic (exact) mass is 144 g/mol. The molecular formula is C3H4N4OS. The van der Waals surface area contributed by atoms with Gasteiger partial charge in [-0.1, -0.05) is 0 Å². The van der Waals surface area contributed by atoms with Crippen molar-refractivity contribution < 1.29 is 0 Å². The quantitative estimate of drug-likeness (QED) is 0.495. The first kappa shape index (κ1) is 6.09. The second-order valence-corrected chi connectivity index (χ2v) is 2.10. The number of hydrogen-bond acceptors (Lipinski definition) is 5. The van der Waals surface area contributed by atoms with Crippen molar-refractivity contribution in [2.24, 2.45) is 5.29 Å². The summed E-state index contributed by atoms with van der Waals surface area (Å²) in [4.78, 5) is 13.4. The lowest BCUT2D eigenvalue weighted by molar-refractivity contribution is 1.15. The molecule has 0 fully saturated rings. The SMILES string of the molecule is Cc1nsc(NN=O)n1. The van der Waals surface area contributed by atoms with Gasteiger partial charge in [0.05, 0.1) is 5.29 Å². The van der Waals surface area contributed by atoms with Gasteiger partial charge in [0.25, 0.3) is 0 Å². The van der Waals surface area contributed by atoms with Crippen LogP contribution in [-0.4, -0.2) is 9.36 Å². The van der Waals surface area contributed by atoms with Gasteiger partial charge in [0.2, 0.25) is 5.13 Å². The number of aryl methyl sites for hydroxylation is 1. The molecule has 6 heteroatoms. The summed E-state index contributed by atoms with van der Waals surface area (Å²) in [5, 5.41) is 2.86. The van der Waals surface area contributed by atoms with E-state index in [9.17, 15) is 4.91 Å². The van der Waals surface area contributed by atoms with Crippen LogP contribution in [0.2, 0.25) is 0 Å². The van der Waals surface area contributed by atoms with Crippen molar-refractivity contribution in [2.75, 3.05) is 5.43 Å². The van der Waals surface area contributed by atoms with Gasteiger partial charge in [0, 0.05) is 11.5 Å². The second-order valence-electron chi connectivity index (χ2n) is 1.35. The van der Waals surface area contributed by atoms with Crippen LogP contribution in [0.4, 0.5) is 5.13 Å². The summed E-state index contributed by atoms with van der Waals surface area (Å²) in [5.74, 6) is 0.645. The van der Waals surface area contributed by atoms with Gasteiger partial charge in [-0.3, -0.25) is 0 Å². The first-order valence-electron chi connectivity index (χ1n) is 2.21. The third-order valence-electron chi connectivity index (χ3n) is 0.669. The van der Waals surface area contributed by atoms with Crippen LogP contribution in [0.3, 0.4) is 0 Å². The molecule has 5 nitrogen and oxygen atoms in total. The maximum atomic E-state index is 9.56. The van der Waals surface area contributed by atoms with Crippen molar-refractivity contribution in [3.8, 4) is 0 Å². The Hall–Kier alpha value is -1.04. The lowest BCUT2D eigenvalue weighted by atomic mass is 10.8. The van der Waals surface area contributed by atoms with Crippen molar-refractivity contribution in [2.45, 2.75) is 6.92 Å². The fraction of sp³-hybridized carbons (Fsp3) is 0.333. The van der Waals surface area contributed by atoms with E-state index < -0.39 is 0 Å². The van der Waals surface area contributed by atoms with Gasteiger partial charge in [-0.2, -0.15) is 4.37 Å². The van der Waals surface area contributed by atoms with Crippen LogP contribution in [0.25, 0.3) is 0 Å². The number of nitrogens with zero attached hydrogens (tertiary/aromatic N) is 3. The fourth-order valence-electron chi connectivity index (χ4n) is 0.382. The van der Waals surface area contributed by atoms with Crippen LogP contribution >= 0.6 is 11.5 Å².